The first-order valence-corrected chi connectivity index (χ1v) is 5.23. The molecule has 0 radical (unpaired) electrons. The molecule has 1 heterocycles. The van der Waals surface area contributed by atoms with E-state index in [1.54, 1.807) is 12.5 Å². The first kappa shape index (κ1) is 12.8. The predicted molar refractivity (Wildman–Crippen MR) is 70.7 cm³/mol. The summed E-state index contributed by atoms with van der Waals surface area (Å²) in [6.45, 7) is 0. The van der Waals surface area contributed by atoms with E-state index in [1.165, 1.54) is 0 Å². The van der Waals surface area contributed by atoms with E-state index in [2.05, 4.69) is 4.98 Å². The van der Waals surface area contributed by atoms with Crippen LogP contribution in [0, 0.1) is 0 Å². The van der Waals surface area contributed by atoms with Crippen molar-refractivity contribution in [3.8, 4) is 0 Å². The van der Waals surface area contributed by atoms with Crippen molar-refractivity contribution < 1.29 is 0 Å². The van der Waals surface area contributed by atoms with Gasteiger partial charge < -0.3 is 4.57 Å². The maximum absolute atomic E-state index is 5.76. The van der Waals surface area contributed by atoms with Crippen molar-refractivity contribution in [1.29, 1.82) is 0 Å². The van der Waals surface area contributed by atoms with Crippen molar-refractivity contribution in [3.05, 3.63) is 54.1 Å². The van der Waals surface area contributed by atoms with Crippen LogP contribution in [-0.4, -0.2) is 9.55 Å². The van der Waals surface area contributed by atoms with Crippen molar-refractivity contribution in [2.24, 2.45) is 0 Å². The fourth-order valence-corrected chi connectivity index (χ4v) is 1.51. The molecule has 0 amide bonds. The molecule has 0 N–H and O–H groups in total. The summed E-state index contributed by atoms with van der Waals surface area (Å²) in [5, 5.41) is 0. The number of hydrogen-bond donors (Lipinski definition) is 0. The molecule has 0 aliphatic heterocycles. The van der Waals surface area contributed by atoms with Gasteiger partial charge in [-0.3, -0.25) is 0 Å². The van der Waals surface area contributed by atoms with Crippen molar-refractivity contribution >= 4 is 36.3 Å². The molecular formula is C12H12Cl2N2. The number of nitrogens with zero attached hydrogens (tertiary/aromatic N) is 2. The van der Waals surface area contributed by atoms with Gasteiger partial charge in [-0.15, -0.1) is 24.0 Å². The van der Waals surface area contributed by atoms with Crippen molar-refractivity contribution in [2.45, 2.75) is 5.88 Å². The highest BCUT2D eigenvalue weighted by atomic mass is 35.5. The molecule has 16 heavy (non-hydrogen) atoms. The minimum atomic E-state index is 0. The second-order valence-corrected chi connectivity index (χ2v) is 3.42. The van der Waals surface area contributed by atoms with Crippen LogP contribution in [0.5, 0.6) is 0 Å². The summed E-state index contributed by atoms with van der Waals surface area (Å²) in [5.41, 5.74) is 2.15. The van der Waals surface area contributed by atoms with Gasteiger partial charge in [-0.05, 0) is 11.6 Å². The number of halogens is 2. The highest BCUT2D eigenvalue weighted by Crippen LogP contribution is 2.07. The minimum Gasteiger partial charge on any atom is -0.309 e. The van der Waals surface area contributed by atoms with Crippen LogP contribution in [0.15, 0.2) is 42.9 Å². The third kappa shape index (κ3) is 3.12. The Labute approximate surface area is 106 Å². The molecule has 0 aliphatic carbocycles. The molecule has 0 saturated carbocycles. The standard InChI is InChI=1S/C12H11ClN2.ClH/c13-8-12-9-14-10-15(12)7-6-11-4-2-1-3-5-11;/h1-7,9-10H,8H2;1H. The van der Waals surface area contributed by atoms with Crippen LogP contribution in [0.2, 0.25) is 0 Å². The maximum atomic E-state index is 5.76. The highest BCUT2D eigenvalue weighted by molar-refractivity contribution is 6.16. The molecule has 4 heteroatoms. The van der Waals surface area contributed by atoms with E-state index >= 15 is 0 Å². The van der Waals surface area contributed by atoms with Crippen molar-refractivity contribution in [3.63, 3.8) is 0 Å². The summed E-state index contributed by atoms with van der Waals surface area (Å²) < 4.78 is 1.92. The Hall–Kier alpha value is -1.25. The summed E-state index contributed by atoms with van der Waals surface area (Å²) >= 11 is 5.76. The smallest absolute Gasteiger partial charge is 0.0989 e. The molecule has 2 nitrogen and oxygen atoms in total. The lowest BCUT2D eigenvalue weighted by molar-refractivity contribution is 1.06. The summed E-state index contributed by atoms with van der Waals surface area (Å²) in [7, 11) is 0. The van der Waals surface area contributed by atoms with E-state index < -0.39 is 0 Å². The van der Waals surface area contributed by atoms with E-state index in [-0.39, 0.29) is 12.4 Å². The third-order valence-corrected chi connectivity index (χ3v) is 2.38. The van der Waals surface area contributed by atoms with Gasteiger partial charge >= 0.3 is 0 Å². The Balaban J connectivity index is 0.00000128. The van der Waals surface area contributed by atoms with Gasteiger partial charge in [0.15, 0.2) is 0 Å². The molecule has 0 bridgehead atoms. The maximum Gasteiger partial charge on any atom is 0.0989 e. The lowest BCUT2D eigenvalue weighted by Crippen LogP contribution is -1.88. The monoisotopic (exact) mass is 254 g/mol. The first-order valence-electron chi connectivity index (χ1n) is 4.70. The Morgan fingerprint density at radius 1 is 1.25 bits per heavy atom. The van der Waals surface area contributed by atoms with Gasteiger partial charge in [0.2, 0.25) is 0 Å². The average molecular weight is 255 g/mol. The molecule has 0 aliphatic rings. The second kappa shape index (κ2) is 6.36. The second-order valence-electron chi connectivity index (χ2n) is 3.15. The van der Waals surface area contributed by atoms with Gasteiger partial charge in [-0.1, -0.05) is 30.3 Å². The molecule has 0 atom stereocenters. The molecule has 1 aromatic carbocycles. The van der Waals surface area contributed by atoms with Gasteiger partial charge in [-0.2, -0.15) is 0 Å². The fraction of sp³-hybridized carbons (Fsp3) is 0.0833. The van der Waals surface area contributed by atoms with E-state index in [0.717, 1.165) is 11.3 Å². The fourth-order valence-electron chi connectivity index (χ4n) is 1.30. The minimum absolute atomic E-state index is 0. The largest absolute Gasteiger partial charge is 0.309 e. The van der Waals surface area contributed by atoms with Crippen molar-refractivity contribution in [1.82, 2.24) is 9.55 Å². The lowest BCUT2D eigenvalue weighted by atomic mass is 10.2. The molecule has 0 saturated heterocycles. The lowest BCUT2D eigenvalue weighted by Gasteiger charge is -1.97. The zero-order valence-electron chi connectivity index (χ0n) is 8.58. The molecule has 84 valence electrons. The topological polar surface area (TPSA) is 17.8 Å². The van der Waals surface area contributed by atoms with E-state index in [0.29, 0.717) is 5.88 Å². The number of rotatable bonds is 3. The normalized spacial score (nSPS) is 10.3. The summed E-state index contributed by atoms with van der Waals surface area (Å²) in [5.74, 6) is 0.471. The SMILES string of the molecule is Cl.ClCc1cncn1C=Cc1ccccc1. The van der Waals surface area contributed by atoms with E-state index in [4.69, 9.17) is 11.6 Å². The Morgan fingerprint density at radius 3 is 2.69 bits per heavy atom. The van der Waals surface area contributed by atoms with Gasteiger partial charge in [0, 0.05) is 12.4 Å². The Kier molecular flexibility index (Phi) is 5.09. The summed E-state index contributed by atoms with van der Waals surface area (Å²) in [6, 6.07) is 10.1. The van der Waals surface area contributed by atoms with Gasteiger partial charge in [0.05, 0.1) is 17.9 Å². The molecule has 2 aromatic rings. The Bertz CT molecular complexity index is 449. The summed E-state index contributed by atoms with van der Waals surface area (Å²) in [6.07, 6.45) is 7.50. The zero-order chi connectivity index (χ0) is 10.5. The molecule has 2 rings (SSSR count). The van der Waals surface area contributed by atoms with E-state index in [9.17, 15) is 0 Å². The highest BCUT2D eigenvalue weighted by Gasteiger charge is 1.95. The van der Waals surface area contributed by atoms with Crippen LogP contribution in [-0.2, 0) is 5.88 Å². The van der Waals surface area contributed by atoms with Crippen LogP contribution in [0.1, 0.15) is 11.3 Å². The van der Waals surface area contributed by atoms with Crippen LogP contribution < -0.4 is 0 Å². The summed E-state index contributed by atoms with van der Waals surface area (Å²) in [4.78, 5) is 4.03. The van der Waals surface area contributed by atoms with Crippen LogP contribution in [0.4, 0.5) is 0 Å². The van der Waals surface area contributed by atoms with E-state index in [1.807, 2.05) is 47.2 Å². The van der Waals surface area contributed by atoms with Gasteiger partial charge in [-0.25, -0.2) is 4.98 Å². The van der Waals surface area contributed by atoms with Gasteiger partial charge in [0.1, 0.15) is 0 Å². The number of hydrogen-bond acceptors (Lipinski definition) is 1. The molecule has 0 spiro atoms. The van der Waals surface area contributed by atoms with Crippen LogP contribution in [0.3, 0.4) is 0 Å². The van der Waals surface area contributed by atoms with Crippen LogP contribution in [0.25, 0.3) is 12.3 Å². The van der Waals surface area contributed by atoms with Gasteiger partial charge in [0.25, 0.3) is 0 Å². The Morgan fingerprint density at radius 2 is 2.00 bits per heavy atom. The number of alkyl halides is 1. The van der Waals surface area contributed by atoms with Crippen LogP contribution >= 0.6 is 24.0 Å². The quantitative estimate of drug-likeness (QED) is 0.765. The third-order valence-electron chi connectivity index (χ3n) is 2.11. The number of benzene rings is 1. The number of aromatic nitrogens is 2. The predicted octanol–water partition coefficient (Wildman–Crippen LogP) is 3.67. The first-order chi connectivity index (χ1) is 7.40. The molecule has 0 unspecified atom stereocenters. The molecule has 0 fully saturated rings. The molecular weight excluding hydrogens is 243 g/mol. The molecule has 1 aromatic heterocycles. The zero-order valence-corrected chi connectivity index (χ0v) is 10.2. The van der Waals surface area contributed by atoms with Crippen molar-refractivity contribution in [2.75, 3.05) is 0 Å². The average Bonchev–Trinajstić information content (AvgIpc) is 2.75. The number of imidazole rings is 1.